The van der Waals surface area contributed by atoms with Crippen molar-refractivity contribution in [1.29, 1.82) is 5.26 Å². The number of thioether (sulfide) groups is 1. The highest BCUT2D eigenvalue weighted by molar-refractivity contribution is 7.99. The Labute approximate surface area is 152 Å². The Morgan fingerprint density at radius 2 is 1.96 bits per heavy atom. The van der Waals surface area contributed by atoms with Crippen LogP contribution in [0.15, 0.2) is 58.5 Å². The van der Waals surface area contributed by atoms with Gasteiger partial charge < -0.3 is 0 Å². The zero-order valence-electron chi connectivity index (χ0n) is 13.4. The van der Waals surface area contributed by atoms with Crippen molar-refractivity contribution < 1.29 is 0 Å². The Morgan fingerprint density at radius 1 is 1.20 bits per heavy atom. The number of hydrogen-bond acceptors (Lipinski definition) is 5. The van der Waals surface area contributed by atoms with Crippen LogP contribution in [0, 0.1) is 18.3 Å². The summed E-state index contributed by atoms with van der Waals surface area (Å²) in [5, 5.41) is 10.5. The molecule has 122 valence electrons. The molecule has 0 aliphatic rings. The van der Waals surface area contributed by atoms with Crippen LogP contribution in [-0.4, -0.2) is 15.3 Å². The van der Waals surface area contributed by atoms with Gasteiger partial charge in [-0.2, -0.15) is 5.26 Å². The van der Waals surface area contributed by atoms with Gasteiger partial charge in [0.05, 0.1) is 23.0 Å². The molecular formula is C19H13N3OS2. The summed E-state index contributed by atoms with van der Waals surface area (Å²) >= 11 is 2.75. The van der Waals surface area contributed by atoms with Crippen LogP contribution >= 0.6 is 23.1 Å². The molecule has 4 nitrogen and oxygen atoms in total. The standard InChI is InChI=1S/C19H13N3OS2/c1-12-6-8-13(9-7-12)22-18(23)17-16(21-19(22)24-11-10-20)14-4-2-3-5-15(14)25-17/h2-9H,11H2,1H3. The van der Waals surface area contributed by atoms with Gasteiger partial charge in [0, 0.05) is 10.1 Å². The Balaban J connectivity index is 2.07. The molecule has 25 heavy (non-hydrogen) atoms. The number of nitrogens with zero attached hydrogens (tertiary/aromatic N) is 3. The number of thiophene rings is 1. The van der Waals surface area contributed by atoms with Crippen molar-refractivity contribution in [2.75, 3.05) is 5.75 Å². The van der Waals surface area contributed by atoms with Crippen LogP contribution in [0.4, 0.5) is 0 Å². The largest absolute Gasteiger partial charge is 0.276 e. The minimum atomic E-state index is -0.0875. The van der Waals surface area contributed by atoms with Crippen molar-refractivity contribution >= 4 is 43.4 Å². The van der Waals surface area contributed by atoms with Crippen LogP contribution in [-0.2, 0) is 0 Å². The van der Waals surface area contributed by atoms with Crippen LogP contribution in [0.5, 0.6) is 0 Å². The molecule has 0 aliphatic carbocycles. The highest BCUT2D eigenvalue weighted by Crippen LogP contribution is 2.32. The van der Waals surface area contributed by atoms with E-state index in [9.17, 15) is 4.79 Å². The van der Waals surface area contributed by atoms with E-state index in [1.807, 2.05) is 55.5 Å². The van der Waals surface area contributed by atoms with Gasteiger partial charge >= 0.3 is 0 Å². The fraction of sp³-hybridized carbons (Fsp3) is 0.105. The van der Waals surface area contributed by atoms with Crippen molar-refractivity contribution in [2.24, 2.45) is 0 Å². The van der Waals surface area contributed by atoms with Crippen molar-refractivity contribution in [3.05, 3.63) is 64.4 Å². The molecule has 0 fully saturated rings. The van der Waals surface area contributed by atoms with Crippen LogP contribution in [0.1, 0.15) is 5.56 Å². The lowest BCUT2D eigenvalue weighted by Crippen LogP contribution is -2.20. The maximum Gasteiger partial charge on any atom is 0.276 e. The van der Waals surface area contributed by atoms with Gasteiger partial charge in [0.25, 0.3) is 5.56 Å². The van der Waals surface area contributed by atoms with Crippen molar-refractivity contribution in [2.45, 2.75) is 12.1 Å². The summed E-state index contributed by atoms with van der Waals surface area (Å²) in [6.45, 7) is 2.01. The van der Waals surface area contributed by atoms with Crippen molar-refractivity contribution in [1.82, 2.24) is 9.55 Å². The van der Waals surface area contributed by atoms with Gasteiger partial charge in [-0.3, -0.25) is 9.36 Å². The first-order chi connectivity index (χ1) is 12.2. The molecule has 0 aliphatic heterocycles. The second-order valence-corrected chi connectivity index (χ2v) is 7.59. The average Bonchev–Trinajstić information content (AvgIpc) is 3.00. The van der Waals surface area contributed by atoms with Gasteiger partial charge in [-0.25, -0.2) is 4.98 Å². The zero-order chi connectivity index (χ0) is 17.4. The molecular weight excluding hydrogens is 350 g/mol. The van der Waals surface area contributed by atoms with Crippen LogP contribution in [0.25, 0.3) is 26.0 Å². The van der Waals surface area contributed by atoms with Crippen LogP contribution in [0.3, 0.4) is 0 Å². The molecule has 0 bridgehead atoms. The molecule has 0 atom stereocenters. The number of benzene rings is 2. The number of nitriles is 1. The minimum Gasteiger partial charge on any atom is -0.267 e. The third kappa shape index (κ3) is 2.72. The third-order valence-corrected chi connectivity index (χ3v) is 5.88. The second-order valence-electron chi connectivity index (χ2n) is 5.59. The normalized spacial score (nSPS) is 11.0. The molecule has 0 saturated heterocycles. The van der Waals surface area contributed by atoms with E-state index >= 15 is 0 Å². The quantitative estimate of drug-likeness (QED) is 0.396. The predicted molar refractivity (Wildman–Crippen MR) is 104 cm³/mol. The molecule has 6 heteroatoms. The van der Waals surface area contributed by atoms with Crippen LogP contribution < -0.4 is 5.56 Å². The number of aryl methyl sites for hydroxylation is 1. The van der Waals surface area contributed by atoms with E-state index in [1.165, 1.54) is 23.1 Å². The van der Waals surface area contributed by atoms with E-state index in [2.05, 4.69) is 6.07 Å². The SMILES string of the molecule is Cc1ccc(-n2c(SCC#N)nc3c(sc4ccccc43)c2=O)cc1. The Kier molecular flexibility index (Phi) is 4.04. The summed E-state index contributed by atoms with van der Waals surface area (Å²) in [4.78, 5) is 18.0. The lowest BCUT2D eigenvalue weighted by molar-refractivity contribution is 0.824. The first kappa shape index (κ1) is 15.9. The summed E-state index contributed by atoms with van der Waals surface area (Å²) < 4.78 is 3.29. The molecule has 0 saturated carbocycles. The number of hydrogen-bond donors (Lipinski definition) is 0. The van der Waals surface area contributed by atoms with E-state index in [-0.39, 0.29) is 11.3 Å². The highest BCUT2D eigenvalue weighted by Gasteiger charge is 2.17. The van der Waals surface area contributed by atoms with E-state index in [1.54, 1.807) is 4.57 Å². The Bertz CT molecular complexity index is 1180. The summed E-state index contributed by atoms with van der Waals surface area (Å²) in [5.74, 6) is 0.242. The summed E-state index contributed by atoms with van der Waals surface area (Å²) in [6.07, 6.45) is 0. The van der Waals surface area contributed by atoms with Crippen molar-refractivity contribution in [3.8, 4) is 11.8 Å². The molecule has 2 heterocycles. The minimum absolute atomic E-state index is 0.0875. The van der Waals surface area contributed by atoms with Gasteiger partial charge in [0.15, 0.2) is 5.16 Å². The first-order valence-electron chi connectivity index (χ1n) is 7.70. The number of aromatic nitrogens is 2. The molecule has 2 aromatic heterocycles. The number of rotatable bonds is 3. The van der Waals surface area contributed by atoms with Gasteiger partial charge in [-0.1, -0.05) is 47.7 Å². The van der Waals surface area contributed by atoms with E-state index in [0.29, 0.717) is 9.86 Å². The third-order valence-electron chi connectivity index (χ3n) is 3.92. The maximum atomic E-state index is 13.2. The lowest BCUT2D eigenvalue weighted by atomic mass is 10.2. The fourth-order valence-electron chi connectivity index (χ4n) is 2.74. The predicted octanol–water partition coefficient (Wildman–Crippen LogP) is 4.52. The lowest BCUT2D eigenvalue weighted by Gasteiger charge is -2.11. The maximum absolute atomic E-state index is 13.2. The summed E-state index contributed by atoms with van der Waals surface area (Å²) in [5.41, 5.74) is 2.52. The van der Waals surface area contributed by atoms with Crippen molar-refractivity contribution in [3.63, 3.8) is 0 Å². The molecule has 0 spiro atoms. The van der Waals surface area contributed by atoms with Gasteiger partial charge in [-0.15, -0.1) is 11.3 Å². The molecule has 0 amide bonds. The van der Waals surface area contributed by atoms with E-state index in [4.69, 9.17) is 10.2 Å². The molecule has 4 aromatic rings. The summed E-state index contributed by atoms with van der Waals surface area (Å²) in [6, 6.07) is 17.8. The topological polar surface area (TPSA) is 58.7 Å². The van der Waals surface area contributed by atoms with Gasteiger partial charge in [0.1, 0.15) is 4.70 Å². The summed E-state index contributed by atoms with van der Waals surface area (Å²) in [7, 11) is 0. The zero-order valence-corrected chi connectivity index (χ0v) is 15.0. The first-order valence-corrected chi connectivity index (χ1v) is 9.50. The molecule has 0 unspecified atom stereocenters. The van der Waals surface area contributed by atoms with E-state index < -0.39 is 0 Å². The average molecular weight is 363 g/mol. The van der Waals surface area contributed by atoms with Crippen LogP contribution in [0.2, 0.25) is 0 Å². The van der Waals surface area contributed by atoms with Gasteiger partial charge in [0.2, 0.25) is 0 Å². The molecule has 0 N–H and O–H groups in total. The molecule has 2 aromatic carbocycles. The monoisotopic (exact) mass is 363 g/mol. The fourth-order valence-corrected chi connectivity index (χ4v) is 4.48. The second kappa shape index (κ2) is 6.36. The Hall–Kier alpha value is -2.62. The molecule has 0 radical (unpaired) electrons. The number of fused-ring (bicyclic) bond motifs is 3. The van der Waals surface area contributed by atoms with E-state index in [0.717, 1.165) is 26.9 Å². The molecule has 4 rings (SSSR count). The van der Waals surface area contributed by atoms with Gasteiger partial charge in [-0.05, 0) is 25.1 Å². The Morgan fingerprint density at radius 3 is 2.72 bits per heavy atom. The smallest absolute Gasteiger partial charge is 0.267 e. The highest BCUT2D eigenvalue weighted by atomic mass is 32.2.